The van der Waals surface area contributed by atoms with Crippen LogP contribution in [0.2, 0.25) is 5.02 Å². The van der Waals surface area contributed by atoms with Crippen LogP contribution >= 0.6 is 23.2 Å². The molecule has 3 unspecified atom stereocenters. The number of halogens is 2. The standard InChI is InChI=1S/C16H18Cl2N2O/c1-9(17)16-19-14-11(18)3-2-4-12(14)20(16)13-7-8-21-15(13)10-5-6-10/h2-4,9-10,13,15H,5-8H2,1H3. The molecule has 2 aliphatic rings. The van der Waals surface area contributed by atoms with Crippen molar-refractivity contribution in [1.82, 2.24) is 9.55 Å². The highest BCUT2D eigenvalue weighted by atomic mass is 35.5. The summed E-state index contributed by atoms with van der Waals surface area (Å²) in [4.78, 5) is 4.71. The quantitative estimate of drug-likeness (QED) is 0.763. The topological polar surface area (TPSA) is 27.1 Å². The summed E-state index contributed by atoms with van der Waals surface area (Å²) < 4.78 is 8.29. The van der Waals surface area contributed by atoms with Gasteiger partial charge in [-0.3, -0.25) is 0 Å². The van der Waals surface area contributed by atoms with Gasteiger partial charge in [-0.25, -0.2) is 4.98 Å². The number of hydrogen-bond acceptors (Lipinski definition) is 2. The molecule has 2 fully saturated rings. The predicted octanol–water partition coefficient (Wildman–Crippen LogP) is 4.73. The van der Waals surface area contributed by atoms with Crippen molar-refractivity contribution in [3.8, 4) is 0 Å². The average Bonchev–Trinajstić information content (AvgIpc) is 3.05. The molecule has 3 nitrogen and oxygen atoms in total. The van der Waals surface area contributed by atoms with Crippen LogP contribution in [0.5, 0.6) is 0 Å². The van der Waals surface area contributed by atoms with Crippen molar-refractivity contribution in [3.05, 3.63) is 29.0 Å². The minimum absolute atomic E-state index is 0.145. The van der Waals surface area contributed by atoms with Crippen LogP contribution in [-0.2, 0) is 4.74 Å². The second kappa shape index (κ2) is 5.15. The van der Waals surface area contributed by atoms with Gasteiger partial charge in [-0.15, -0.1) is 11.6 Å². The summed E-state index contributed by atoms with van der Waals surface area (Å²) in [5.74, 6) is 1.61. The average molecular weight is 325 g/mol. The molecule has 0 amide bonds. The van der Waals surface area contributed by atoms with E-state index in [1.807, 2.05) is 19.1 Å². The molecule has 4 rings (SSSR count). The molecule has 1 aliphatic heterocycles. The molecular weight excluding hydrogens is 307 g/mol. The van der Waals surface area contributed by atoms with Gasteiger partial charge in [0, 0.05) is 6.61 Å². The minimum Gasteiger partial charge on any atom is -0.376 e. The molecule has 0 spiro atoms. The number of rotatable bonds is 3. The van der Waals surface area contributed by atoms with Gasteiger partial charge in [0.25, 0.3) is 0 Å². The lowest BCUT2D eigenvalue weighted by molar-refractivity contribution is 0.0753. The van der Waals surface area contributed by atoms with Gasteiger partial charge in [-0.2, -0.15) is 0 Å². The van der Waals surface area contributed by atoms with Crippen LogP contribution < -0.4 is 0 Å². The molecule has 5 heteroatoms. The summed E-state index contributed by atoms with van der Waals surface area (Å²) in [6.07, 6.45) is 3.88. The normalized spacial score (nSPS) is 27.4. The first kappa shape index (κ1) is 13.9. The smallest absolute Gasteiger partial charge is 0.128 e. The van der Waals surface area contributed by atoms with Crippen molar-refractivity contribution in [2.45, 2.75) is 43.7 Å². The maximum Gasteiger partial charge on any atom is 0.128 e. The number of benzene rings is 1. The molecule has 0 N–H and O–H groups in total. The second-order valence-corrected chi connectivity index (χ2v) is 7.15. The van der Waals surface area contributed by atoms with Crippen molar-refractivity contribution in [1.29, 1.82) is 0 Å². The maximum atomic E-state index is 6.39. The molecule has 2 heterocycles. The van der Waals surface area contributed by atoms with E-state index in [1.165, 1.54) is 12.8 Å². The molecule has 1 saturated heterocycles. The van der Waals surface area contributed by atoms with E-state index in [1.54, 1.807) is 0 Å². The first-order chi connectivity index (χ1) is 10.2. The van der Waals surface area contributed by atoms with Gasteiger partial charge in [0.1, 0.15) is 11.3 Å². The van der Waals surface area contributed by atoms with Gasteiger partial charge < -0.3 is 9.30 Å². The predicted molar refractivity (Wildman–Crippen MR) is 85.1 cm³/mol. The summed E-state index contributed by atoms with van der Waals surface area (Å²) >= 11 is 12.7. The van der Waals surface area contributed by atoms with E-state index in [2.05, 4.69) is 10.6 Å². The number of hydrogen-bond donors (Lipinski definition) is 0. The van der Waals surface area contributed by atoms with E-state index in [0.29, 0.717) is 23.1 Å². The van der Waals surface area contributed by atoms with Crippen LogP contribution in [0.3, 0.4) is 0 Å². The summed E-state index contributed by atoms with van der Waals surface area (Å²) in [5, 5.41) is 0.542. The zero-order valence-corrected chi connectivity index (χ0v) is 13.4. The summed E-state index contributed by atoms with van der Waals surface area (Å²) in [6.45, 7) is 2.79. The van der Waals surface area contributed by atoms with Crippen LogP contribution in [0.15, 0.2) is 18.2 Å². The lowest BCUT2D eigenvalue weighted by Crippen LogP contribution is -2.23. The molecule has 0 bridgehead atoms. The summed E-state index contributed by atoms with van der Waals surface area (Å²) in [7, 11) is 0. The van der Waals surface area contributed by atoms with E-state index in [9.17, 15) is 0 Å². The van der Waals surface area contributed by atoms with Gasteiger partial charge in [-0.1, -0.05) is 17.7 Å². The molecule has 1 saturated carbocycles. The number of imidazole rings is 1. The van der Waals surface area contributed by atoms with Crippen LogP contribution in [0.1, 0.15) is 43.4 Å². The Bertz CT molecular complexity index is 678. The van der Waals surface area contributed by atoms with Crippen LogP contribution in [0.4, 0.5) is 0 Å². The van der Waals surface area contributed by atoms with E-state index in [-0.39, 0.29) is 5.38 Å². The Labute approximate surface area is 134 Å². The second-order valence-electron chi connectivity index (χ2n) is 6.09. The summed E-state index contributed by atoms with van der Waals surface area (Å²) in [5.41, 5.74) is 1.93. The third-order valence-corrected chi connectivity index (χ3v) is 5.08. The molecule has 1 aliphatic carbocycles. The third kappa shape index (κ3) is 2.26. The van der Waals surface area contributed by atoms with Crippen molar-refractivity contribution < 1.29 is 4.74 Å². The largest absolute Gasteiger partial charge is 0.376 e. The Balaban J connectivity index is 1.89. The molecular formula is C16H18Cl2N2O. The van der Waals surface area contributed by atoms with Gasteiger partial charge >= 0.3 is 0 Å². The minimum atomic E-state index is -0.145. The molecule has 0 radical (unpaired) electrons. The Morgan fingerprint density at radius 2 is 2.14 bits per heavy atom. The Hall–Kier alpha value is -0.770. The highest BCUT2D eigenvalue weighted by molar-refractivity contribution is 6.35. The first-order valence-electron chi connectivity index (χ1n) is 7.59. The van der Waals surface area contributed by atoms with Crippen LogP contribution in [0.25, 0.3) is 11.0 Å². The third-order valence-electron chi connectivity index (χ3n) is 4.58. The maximum absolute atomic E-state index is 6.39. The van der Waals surface area contributed by atoms with Gasteiger partial charge in [0.05, 0.1) is 28.1 Å². The zero-order chi connectivity index (χ0) is 14.6. The van der Waals surface area contributed by atoms with Gasteiger partial charge in [-0.05, 0) is 44.2 Å². The van der Waals surface area contributed by atoms with Crippen LogP contribution in [-0.4, -0.2) is 22.3 Å². The van der Waals surface area contributed by atoms with Crippen molar-refractivity contribution in [2.75, 3.05) is 6.61 Å². The Morgan fingerprint density at radius 1 is 1.33 bits per heavy atom. The molecule has 2 aromatic rings. The molecule has 1 aromatic carbocycles. The van der Waals surface area contributed by atoms with Crippen molar-refractivity contribution >= 4 is 34.2 Å². The fourth-order valence-corrected chi connectivity index (χ4v) is 3.85. The monoisotopic (exact) mass is 324 g/mol. The fourth-order valence-electron chi connectivity index (χ4n) is 3.48. The van der Waals surface area contributed by atoms with E-state index >= 15 is 0 Å². The van der Waals surface area contributed by atoms with Crippen LogP contribution in [0, 0.1) is 5.92 Å². The SMILES string of the molecule is CC(Cl)c1nc2c(Cl)cccc2n1C1CCOC1C1CC1. The Kier molecular flexibility index (Phi) is 3.40. The highest BCUT2D eigenvalue weighted by Crippen LogP contribution is 2.45. The first-order valence-corrected chi connectivity index (χ1v) is 8.40. The van der Waals surface area contributed by atoms with E-state index < -0.39 is 0 Å². The van der Waals surface area contributed by atoms with Crippen molar-refractivity contribution in [3.63, 3.8) is 0 Å². The molecule has 112 valence electrons. The number of alkyl halides is 1. The number of fused-ring (bicyclic) bond motifs is 1. The van der Waals surface area contributed by atoms with Gasteiger partial charge in [0.2, 0.25) is 0 Å². The number of para-hydroxylation sites is 1. The van der Waals surface area contributed by atoms with E-state index in [0.717, 1.165) is 29.9 Å². The fraction of sp³-hybridized carbons (Fsp3) is 0.562. The number of ether oxygens (including phenoxy) is 1. The highest BCUT2D eigenvalue weighted by Gasteiger charge is 2.42. The number of nitrogens with zero attached hydrogens (tertiary/aromatic N) is 2. The van der Waals surface area contributed by atoms with Crippen molar-refractivity contribution in [2.24, 2.45) is 5.92 Å². The lowest BCUT2D eigenvalue weighted by atomic mass is 10.1. The molecule has 1 aromatic heterocycles. The number of aromatic nitrogens is 2. The van der Waals surface area contributed by atoms with Gasteiger partial charge in [0.15, 0.2) is 0 Å². The molecule has 21 heavy (non-hydrogen) atoms. The molecule has 3 atom stereocenters. The van der Waals surface area contributed by atoms with E-state index in [4.69, 9.17) is 32.9 Å². The lowest BCUT2D eigenvalue weighted by Gasteiger charge is -2.23. The Morgan fingerprint density at radius 3 is 2.86 bits per heavy atom. The zero-order valence-electron chi connectivity index (χ0n) is 11.9. The summed E-state index contributed by atoms with van der Waals surface area (Å²) in [6, 6.07) is 6.28.